The molecule has 0 amide bonds. The number of epoxide rings is 1. The fourth-order valence-corrected chi connectivity index (χ4v) is 6.92. The van der Waals surface area contributed by atoms with Crippen LogP contribution in [0, 0.1) is 0 Å². The number of hydrogen-bond acceptors (Lipinski definition) is 8. The number of quaternary nitrogens is 1. The van der Waals surface area contributed by atoms with Crippen LogP contribution in [0.5, 0.6) is 0 Å². The van der Waals surface area contributed by atoms with Gasteiger partial charge in [0.05, 0.1) is 46.2 Å². The van der Waals surface area contributed by atoms with Crippen molar-refractivity contribution in [2.45, 2.75) is 193 Å². The highest BCUT2D eigenvalue weighted by atomic mass is 31.2. The molecule has 0 aromatic rings. The maximum absolute atomic E-state index is 12.7. The molecule has 0 aliphatic carbocycles. The summed E-state index contributed by atoms with van der Waals surface area (Å²) in [6.45, 7) is 4.63. The number of phosphoric ester groups is 1. The van der Waals surface area contributed by atoms with E-state index in [9.17, 15) is 14.3 Å². The van der Waals surface area contributed by atoms with Crippen molar-refractivity contribution in [2.75, 3.05) is 47.5 Å². The molecule has 0 aromatic carbocycles. The van der Waals surface area contributed by atoms with E-state index in [1.807, 2.05) is 27.2 Å². The van der Waals surface area contributed by atoms with Crippen LogP contribution in [0.4, 0.5) is 0 Å². The average Bonchev–Trinajstić information content (AvgIpc) is 3.91. The molecule has 10 heteroatoms. The molecule has 0 spiro atoms. The van der Waals surface area contributed by atoms with Crippen LogP contribution < -0.4 is 4.89 Å². The third-order valence-electron chi connectivity index (χ3n) is 9.85. The van der Waals surface area contributed by atoms with Crippen molar-refractivity contribution >= 4 is 13.8 Å². The molecule has 0 bridgehead atoms. The number of allylic oxidation sites excluding steroid dienone is 5. The van der Waals surface area contributed by atoms with Crippen LogP contribution in [0.2, 0.25) is 0 Å². The molecule has 4 atom stereocenters. The molecule has 56 heavy (non-hydrogen) atoms. The molecule has 1 saturated heterocycles. The maximum Gasteiger partial charge on any atom is 0.306 e. The van der Waals surface area contributed by atoms with Crippen LogP contribution in [0.3, 0.4) is 0 Å². The summed E-state index contributed by atoms with van der Waals surface area (Å²) < 4.78 is 40.1. The van der Waals surface area contributed by atoms with Gasteiger partial charge in [-0.2, -0.15) is 0 Å². The molecule has 0 aromatic heterocycles. The number of hydrogen-bond donors (Lipinski definition) is 0. The van der Waals surface area contributed by atoms with Gasteiger partial charge < -0.3 is 32.6 Å². The third-order valence-corrected chi connectivity index (χ3v) is 10.8. The van der Waals surface area contributed by atoms with Crippen LogP contribution in [0.1, 0.15) is 174 Å². The van der Waals surface area contributed by atoms with E-state index in [1.54, 1.807) is 6.26 Å². The lowest BCUT2D eigenvalue weighted by Crippen LogP contribution is -2.37. The number of carbonyl (C=O) groups is 1. The minimum atomic E-state index is -4.56. The van der Waals surface area contributed by atoms with E-state index in [2.05, 4.69) is 50.3 Å². The molecule has 0 radical (unpaired) electrons. The second kappa shape index (κ2) is 35.2. The Morgan fingerprint density at radius 3 is 1.79 bits per heavy atom. The summed E-state index contributed by atoms with van der Waals surface area (Å²) in [5.41, 5.74) is 0. The second-order valence-electron chi connectivity index (χ2n) is 16.5. The van der Waals surface area contributed by atoms with Gasteiger partial charge in [-0.1, -0.05) is 147 Å². The molecule has 3 unspecified atom stereocenters. The Morgan fingerprint density at radius 1 is 0.661 bits per heavy atom. The predicted molar refractivity (Wildman–Crippen MR) is 230 cm³/mol. The first-order valence-corrected chi connectivity index (χ1v) is 24.0. The van der Waals surface area contributed by atoms with Gasteiger partial charge in [-0.05, 0) is 63.9 Å². The maximum atomic E-state index is 12.7. The standard InChI is InChI=1S/C46H84NO8P/c1-6-8-10-12-14-16-17-18-19-20-21-22-24-26-30-34-39-51-41-43(42-53-56(49,50)52-40-38-47(3,4)5)54-46(48)37-33-29-28-32-36-45-44(55-45)35-31-27-25-23-15-13-11-9-7-2/h15,23,27-28,31-32,34,39,43-45H,6-14,16-22,24-26,29-30,33,35-38,40-42H2,1-5H3/b23-15-,31-27-,32-28-,39-34+/t43-,44?,45?/m1/s1. The topological polar surface area (TPSA) is 107 Å². The smallest absolute Gasteiger partial charge is 0.306 e. The van der Waals surface area contributed by atoms with Crippen molar-refractivity contribution < 1.29 is 42.0 Å². The highest BCUT2D eigenvalue weighted by molar-refractivity contribution is 7.45. The molecule has 9 nitrogen and oxygen atoms in total. The van der Waals surface area contributed by atoms with E-state index < -0.39 is 19.9 Å². The average molecular weight is 810 g/mol. The summed E-state index contributed by atoms with van der Waals surface area (Å²) >= 11 is 0. The van der Waals surface area contributed by atoms with E-state index in [-0.39, 0.29) is 32.3 Å². The minimum absolute atomic E-state index is 0.00242. The van der Waals surface area contributed by atoms with E-state index in [1.165, 1.54) is 109 Å². The number of nitrogens with zero attached hydrogens (tertiary/aromatic N) is 1. The van der Waals surface area contributed by atoms with E-state index in [0.717, 1.165) is 38.5 Å². The van der Waals surface area contributed by atoms with E-state index in [4.69, 9.17) is 23.3 Å². The minimum Gasteiger partial charge on any atom is -0.756 e. The molecule has 0 saturated carbocycles. The third kappa shape index (κ3) is 35.4. The zero-order valence-electron chi connectivity index (χ0n) is 36.5. The largest absolute Gasteiger partial charge is 0.756 e. The first-order chi connectivity index (χ1) is 27.1. The molecular formula is C46H84NO8P. The van der Waals surface area contributed by atoms with Gasteiger partial charge >= 0.3 is 5.97 Å². The molecule has 326 valence electrons. The van der Waals surface area contributed by atoms with Crippen molar-refractivity contribution in [1.82, 2.24) is 0 Å². The van der Waals surface area contributed by atoms with Gasteiger partial charge in [-0.3, -0.25) is 9.36 Å². The fraction of sp³-hybridized carbons (Fsp3) is 0.804. The Balaban J connectivity index is 2.29. The Morgan fingerprint density at radius 2 is 1.16 bits per heavy atom. The molecule has 0 N–H and O–H groups in total. The van der Waals surface area contributed by atoms with Crippen LogP contribution in [0.15, 0.2) is 48.8 Å². The first-order valence-electron chi connectivity index (χ1n) is 22.5. The molecule has 1 rings (SSSR count). The number of unbranched alkanes of at least 4 members (excludes halogenated alkanes) is 18. The van der Waals surface area contributed by atoms with Gasteiger partial charge in [0.15, 0.2) is 6.10 Å². The molecule has 1 aliphatic heterocycles. The Kier molecular flexibility index (Phi) is 32.9. The van der Waals surface area contributed by atoms with Gasteiger partial charge in [-0.15, -0.1) is 0 Å². The normalized spacial score (nSPS) is 17.8. The lowest BCUT2D eigenvalue weighted by molar-refractivity contribution is -0.870. The van der Waals surface area contributed by atoms with Crippen LogP contribution in [-0.2, 0) is 32.6 Å². The highest BCUT2D eigenvalue weighted by Crippen LogP contribution is 2.38. The number of ether oxygens (including phenoxy) is 3. The summed E-state index contributed by atoms with van der Waals surface area (Å²) in [5.74, 6) is -0.415. The number of likely N-dealkylation sites (N-methyl/N-ethyl adjacent to an activating group) is 1. The Labute approximate surface area is 343 Å². The molecule has 1 aliphatic rings. The van der Waals surface area contributed by atoms with Crippen molar-refractivity contribution in [3.05, 3.63) is 48.8 Å². The lowest BCUT2D eigenvalue weighted by Gasteiger charge is -2.28. The fourth-order valence-electron chi connectivity index (χ4n) is 6.19. The Bertz CT molecular complexity index is 1100. The van der Waals surface area contributed by atoms with Gasteiger partial charge in [0.2, 0.25) is 0 Å². The number of phosphoric acid groups is 1. The zero-order chi connectivity index (χ0) is 41.0. The summed E-state index contributed by atoms with van der Waals surface area (Å²) in [4.78, 5) is 25.1. The summed E-state index contributed by atoms with van der Waals surface area (Å²) in [7, 11) is 1.28. The van der Waals surface area contributed by atoms with Crippen LogP contribution in [0.25, 0.3) is 0 Å². The van der Waals surface area contributed by atoms with Crippen molar-refractivity contribution in [1.29, 1.82) is 0 Å². The monoisotopic (exact) mass is 810 g/mol. The predicted octanol–water partition coefficient (Wildman–Crippen LogP) is 11.9. The van der Waals surface area contributed by atoms with E-state index >= 15 is 0 Å². The lowest BCUT2D eigenvalue weighted by atomic mass is 10.0. The molecule has 1 fully saturated rings. The van der Waals surface area contributed by atoms with Crippen LogP contribution in [-0.4, -0.2) is 76.3 Å². The van der Waals surface area contributed by atoms with Crippen molar-refractivity contribution in [3.8, 4) is 0 Å². The quantitative estimate of drug-likeness (QED) is 0.0115. The molecular weight excluding hydrogens is 725 g/mol. The van der Waals surface area contributed by atoms with E-state index in [0.29, 0.717) is 23.6 Å². The van der Waals surface area contributed by atoms with Gasteiger partial charge in [-0.25, -0.2) is 0 Å². The number of rotatable bonds is 40. The zero-order valence-corrected chi connectivity index (χ0v) is 37.4. The summed E-state index contributed by atoms with van der Waals surface area (Å²) in [6, 6.07) is 0. The summed E-state index contributed by atoms with van der Waals surface area (Å²) in [6.07, 6.45) is 45.3. The Hall–Kier alpha value is -1.74. The second-order valence-corrected chi connectivity index (χ2v) is 17.9. The summed E-state index contributed by atoms with van der Waals surface area (Å²) in [5, 5.41) is 0. The molecule has 1 heterocycles. The van der Waals surface area contributed by atoms with Crippen molar-refractivity contribution in [3.63, 3.8) is 0 Å². The van der Waals surface area contributed by atoms with Gasteiger partial charge in [0.25, 0.3) is 7.82 Å². The number of carbonyl (C=O) groups excluding carboxylic acids is 1. The highest BCUT2D eigenvalue weighted by Gasteiger charge is 2.36. The first kappa shape index (κ1) is 52.3. The van der Waals surface area contributed by atoms with Crippen molar-refractivity contribution in [2.24, 2.45) is 0 Å². The van der Waals surface area contributed by atoms with Gasteiger partial charge in [0.1, 0.15) is 19.8 Å². The van der Waals surface area contributed by atoms with Gasteiger partial charge in [0, 0.05) is 6.42 Å². The number of esters is 1. The SMILES string of the molecule is CCCCC/C=C\C/C=C\CC1OC1C/C=C\CCCC(=O)O[C@H](CO/C=C/CCCCCCCCCCCCCCCC)COP(=O)([O-])OCC[N+](C)(C)C. The van der Waals surface area contributed by atoms with Crippen LogP contribution >= 0.6 is 7.82 Å².